The molecule has 0 saturated heterocycles. The molecule has 3 rings (SSSR count). The van der Waals surface area contributed by atoms with Gasteiger partial charge in [-0.2, -0.15) is 5.10 Å². The zero-order valence-electron chi connectivity index (χ0n) is 12.1. The third kappa shape index (κ3) is 3.12. The lowest BCUT2D eigenvalue weighted by molar-refractivity contribution is 0.0606. The van der Waals surface area contributed by atoms with Gasteiger partial charge in [0.05, 0.1) is 17.6 Å². The van der Waals surface area contributed by atoms with E-state index in [1.54, 1.807) is 17.8 Å². The van der Waals surface area contributed by atoms with Crippen molar-refractivity contribution in [2.75, 3.05) is 7.11 Å². The van der Waals surface area contributed by atoms with Crippen LogP contribution in [0.5, 0.6) is 0 Å². The lowest BCUT2D eigenvalue weighted by Crippen LogP contribution is -2.09. The topological polar surface area (TPSA) is 89.9 Å². The van der Waals surface area contributed by atoms with Gasteiger partial charge in [-0.1, -0.05) is 23.4 Å². The molecule has 3 heterocycles. The highest BCUT2D eigenvalue weighted by Crippen LogP contribution is 2.32. The Balaban J connectivity index is 1.83. The van der Waals surface area contributed by atoms with E-state index in [-0.39, 0.29) is 5.56 Å². The summed E-state index contributed by atoms with van der Waals surface area (Å²) in [5.41, 5.74) is 1.06. The van der Waals surface area contributed by atoms with Crippen molar-refractivity contribution >= 4 is 51.7 Å². The number of nitrogens with one attached hydrogen (secondary N) is 1. The number of aryl methyl sites for hydroxylation is 1. The second-order valence-electron chi connectivity index (χ2n) is 4.57. The Morgan fingerprint density at radius 3 is 3.09 bits per heavy atom. The molecule has 0 fully saturated rings. The first-order chi connectivity index (χ1) is 11.0. The van der Waals surface area contributed by atoms with Crippen LogP contribution in [0.2, 0.25) is 4.34 Å². The molecular formula is C13H11ClN4O3S2. The summed E-state index contributed by atoms with van der Waals surface area (Å²) in [6, 6.07) is 1.69. The van der Waals surface area contributed by atoms with Crippen LogP contribution in [0.15, 0.2) is 22.2 Å². The number of carbonyl (C=O) groups is 1. The second-order valence-corrected chi connectivity index (χ2v) is 7.18. The van der Waals surface area contributed by atoms with Crippen molar-refractivity contribution < 1.29 is 9.53 Å². The van der Waals surface area contributed by atoms with E-state index in [9.17, 15) is 9.59 Å². The number of aromatic amines is 1. The predicted molar refractivity (Wildman–Crippen MR) is 89.4 cm³/mol. The van der Waals surface area contributed by atoms with Gasteiger partial charge in [-0.15, -0.1) is 11.3 Å². The maximum atomic E-state index is 12.0. The second kappa shape index (κ2) is 6.34. The van der Waals surface area contributed by atoms with Crippen LogP contribution in [0.1, 0.15) is 15.2 Å². The minimum Gasteiger partial charge on any atom is -0.465 e. The summed E-state index contributed by atoms with van der Waals surface area (Å²) >= 11 is 8.62. The minimum absolute atomic E-state index is 0.239. The van der Waals surface area contributed by atoms with E-state index in [1.165, 1.54) is 25.1 Å². The predicted octanol–water partition coefficient (Wildman–Crippen LogP) is 2.45. The van der Waals surface area contributed by atoms with Gasteiger partial charge in [-0.25, -0.2) is 9.78 Å². The van der Waals surface area contributed by atoms with E-state index in [2.05, 4.69) is 19.8 Å². The molecular weight excluding hydrogens is 360 g/mol. The van der Waals surface area contributed by atoms with Crippen molar-refractivity contribution in [2.45, 2.75) is 10.9 Å². The number of ether oxygens (including phenoxy) is 1. The average molecular weight is 371 g/mol. The number of hydrogen-bond acceptors (Lipinski definition) is 7. The van der Waals surface area contributed by atoms with Crippen LogP contribution in [-0.2, 0) is 17.5 Å². The fraction of sp³-hybridized carbons (Fsp3) is 0.231. The molecule has 0 saturated carbocycles. The van der Waals surface area contributed by atoms with Crippen LogP contribution in [0.25, 0.3) is 11.0 Å². The first kappa shape index (κ1) is 16.0. The molecule has 0 aliphatic carbocycles. The van der Waals surface area contributed by atoms with Crippen molar-refractivity contribution in [3.8, 4) is 0 Å². The van der Waals surface area contributed by atoms with Crippen molar-refractivity contribution in [3.05, 3.63) is 37.4 Å². The SMILES string of the molecule is COC(=O)c1cc(CSc2nc3c(cnn3C)c(=O)[nH]2)c(Cl)s1. The molecule has 120 valence electrons. The first-order valence-electron chi connectivity index (χ1n) is 6.41. The first-order valence-corrected chi connectivity index (χ1v) is 8.59. The molecule has 23 heavy (non-hydrogen) atoms. The summed E-state index contributed by atoms with van der Waals surface area (Å²) < 4.78 is 6.73. The number of esters is 1. The monoisotopic (exact) mass is 370 g/mol. The number of rotatable bonds is 4. The molecule has 0 atom stereocenters. The van der Waals surface area contributed by atoms with E-state index in [4.69, 9.17) is 11.6 Å². The maximum Gasteiger partial charge on any atom is 0.348 e. The van der Waals surface area contributed by atoms with E-state index in [0.717, 1.165) is 16.9 Å². The number of fused-ring (bicyclic) bond motifs is 1. The highest BCUT2D eigenvalue weighted by atomic mass is 35.5. The van der Waals surface area contributed by atoms with Crippen molar-refractivity contribution in [3.63, 3.8) is 0 Å². The standard InChI is InChI=1S/C13H11ClN4O3S2/c1-18-10-7(4-15-18)11(19)17-13(16-10)22-5-6-3-8(12(20)21-2)23-9(6)14/h3-4H,5H2,1-2H3,(H,16,17,19). The van der Waals surface area contributed by atoms with Crippen LogP contribution in [0, 0.1) is 0 Å². The number of hydrogen-bond donors (Lipinski definition) is 1. The zero-order chi connectivity index (χ0) is 16.6. The molecule has 1 N–H and O–H groups in total. The molecule has 0 aliphatic rings. The number of nitrogens with zero attached hydrogens (tertiary/aromatic N) is 3. The summed E-state index contributed by atoms with van der Waals surface area (Å²) in [6.07, 6.45) is 1.48. The summed E-state index contributed by atoms with van der Waals surface area (Å²) in [7, 11) is 3.05. The number of methoxy groups -OCH3 is 1. The number of aromatic nitrogens is 4. The quantitative estimate of drug-likeness (QED) is 0.431. The van der Waals surface area contributed by atoms with Crippen LogP contribution < -0.4 is 5.56 Å². The van der Waals surface area contributed by atoms with E-state index in [1.807, 2.05) is 0 Å². The molecule has 0 unspecified atom stereocenters. The van der Waals surface area contributed by atoms with Gasteiger partial charge >= 0.3 is 5.97 Å². The van der Waals surface area contributed by atoms with Gasteiger partial charge in [0.2, 0.25) is 0 Å². The number of thioether (sulfide) groups is 1. The number of H-pyrrole nitrogens is 1. The molecule has 0 amide bonds. The van der Waals surface area contributed by atoms with Gasteiger partial charge in [0.1, 0.15) is 10.3 Å². The van der Waals surface area contributed by atoms with Gasteiger partial charge in [-0.05, 0) is 11.6 Å². The normalized spacial score (nSPS) is 11.1. The molecule has 0 aromatic carbocycles. The smallest absolute Gasteiger partial charge is 0.348 e. The third-order valence-electron chi connectivity index (χ3n) is 3.09. The molecule has 10 heteroatoms. The Morgan fingerprint density at radius 2 is 2.35 bits per heavy atom. The molecule has 0 radical (unpaired) electrons. The average Bonchev–Trinajstić information content (AvgIpc) is 3.08. The van der Waals surface area contributed by atoms with Crippen molar-refractivity contribution in [1.29, 1.82) is 0 Å². The number of thiophene rings is 1. The number of halogens is 1. The van der Waals surface area contributed by atoms with Gasteiger partial charge < -0.3 is 9.72 Å². The Morgan fingerprint density at radius 1 is 1.57 bits per heavy atom. The van der Waals surface area contributed by atoms with Crippen molar-refractivity contribution in [2.24, 2.45) is 7.05 Å². The highest BCUT2D eigenvalue weighted by Gasteiger charge is 2.15. The largest absolute Gasteiger partial charge is 0.465 e. The van der Waals surface area contributed by atoms with Crippen LogP contribution >= 0.6 is 34.7 Å². The van der Waals surface area contributed by atoms with Crippen LogP contribution in [0.4, 0.5) is 0 Å². The van der Waals surface area contributed by atoms with Gasteiger partial charge in [0.25, 0.3) is 5.56 Å². The molecule has 0 aliphatic heterocycles. The summed E-state index contributed by atoms with van der Waals surface area (Å²) in [5, 5.41) is 4.92. The van der Waals surface area contributed by atoms with E-state index in [0.29, 0.717) is 31.2 Å². The maximum absolute atomic E-state index is 12.0. The molecule has 0 spiro atoms. The van der Waals surface area contributed by atoms with Gasteiger partial charge in [-0.3, -0.25) is 9.48 Å². The number of carbonyl (C=O) groups excluding carboxylic acids is 1. The van der Waals surface area contributed by atoms with E-state index < -0.39 is 5.97 Å². The van der Waals surface area contributed by atoms with Gasteiger partial charge in [0, 0.05) is 12.8 Å². The summed E-state index contributed by atoms with van der Waals surface area (Å²) in [5.74, 6) is 0.0505. The van der Waals surface area contributed by atoms with Crippen LogP contribution in [-0.4, -0.2) is 32.8 Å². The Bertz CT molecular complexity index is 946. The zero-order valence-corrected chi connectivity index (χ0v) is 14.5. The Kier molecular flexibility index (Phi) is 4.42. The molecule has 7 nitrogen and oxygen atoms in total. The molecule has 3 aromatic heterocycles. The van der Waals surface area contributed by atoms with Crippen molar-refractivity contribution in [1.82, 2.24) is 19.7 Å². The third-order valence-corrected chi connectivity index (χ3v) is 5.43. The van der Waals surface area contributed by atoms with Gasteiger partial charge in [0.15, 0.2) is 10.8 Å². The highest BCUT2D eigenvalue weighted by molar-refractivity contribution is 7.98. The summed E-state index contributed by atoms with van der Waals surface area (Å²) in [4.78, 5) is 31.0. The van der Waals surface area contributed by atoms with Crippen LogP contribution in [0.3, 0.4) is 0 Å². The fourth-order valence-electron chi connectivity index (χ4n) is 1.93. The lowest BCUT2D eigenvalue weighted by atomic mass is 10.3. The Hall–Kier alpha value is -1.84. The molecule has 3 aromatic rings. The minimum atomic E-state index is -0.420. The van der Waals surface area contributed by atoms with E-state index >= 15 is 0 Å². The summed E-state index contributed by atoms with van der Waals surface area (Å²) in [6.45, 7) is 0. The fourth-order valence-corrected chi connectivity index (χ4v) is 4.13. The molecule has 0 bridgehead atoms. The lowest BCUT2D eigenvalue weighted by Gasteiger charge is -2.01. The Labute approximate surface area is 143 Å².